The summed E-state index contributed by atoms with van der Waals surface area (Å²) < 4.78 is 5.65. The normalized spacial score (nSPS) is 15.9. The number of halogens is 2. The second-order valence-corrected chi connectivity index (χ2v) is 10.2. The molecule has 1 saturated heterocycles. The number of ether oxygens (including phenoxy) is 1. The molecule has 4 aromatic carbocycles. The van der Waals surface area contributed by atoms with Gasteiger partial charge in [0.2, 0.25) is 0 Å². The van der Waals surface area contributed by atoms with Gasteiger partial charge in [-0.05, 0) is 83.9 Å². The summed E-state index contributed by atoms with van der Waals surface area (Å²) in [4.78, 5) is 20.7. The van der Waals surface area contributed by atoms with Crippen molar-refractivity contribution in [3.8, 4) is 5.75 Å². The first-order valence-electron chi connectivity index (χ1n) is 11.3. The monoisotopic (exact) mass is 532 g/mol. The van der Waals surface area contributed by atoms with Crippen molar-refractivity contribution in [2.24, 2.45) is 4.99 Å². The molecule has 1 aliphatic rings. The minimum atomic E-state index is -0.188. The van der Waals surface area contributed by atoms with Crippen molar-refractivity contribution in [1.29, 1.82) is 0 Å². The Morgan fingerprint density at radius 3 is 2.36 bits per heavy atom. The predicted octanol–water partition coefficient (Wildman–Crippen LogP) is 8.58. The van der Waals surface area contributed by atoms with Gasteiger partial charge in [-0.15, -0.1) is 0 Å². The number of hydrogen-bond acceptors (Lipinski definition) is 4. The number of amides is 1. The quantitative estimate of drug-likeness (QED) is 0.247. The van der Waals surface area contributed by atoms with E-state index < -0.39 is 0 Å². The first-order valence-corrected chi connectivity index (χ1v) is 12.8. The van der Waals surface area contributed by atoms with E-state index in [4.69, 9.17) is 32.9 Å². The van der Waals surface area contributed by atoms with Gasteiger partial charge in [0.1, 0.15) is 5.75 Å². The van der Waals surface area contributed by atoms with Gasteiger partial charge in [0.15, 0.2) is 5.17 Å². The molecule has 7 heteroatoms. The molecule has 0 radical (unpaired) electrons. The van der Waals surface area contributed by atoms with Crippen LogP contribution in [0.4, 0.5) is 11.4 Å². The molecule has 0 bridgehead atoms. The third-order valence-corrected chi connectivity index (χ3v) is 7.81. The van der Waals surface area contributed by atoms with Crippen molar-refractivity contribution in [2.45, 2.75) is 13.8 Å². The zero-order valence-corrected chi connectivity index (χ0v) is 22.2. The average molecular weight is 533 g/mol. The molecule has 0 unspecified atom stereocenters. The van der Waals surface area contributed by atoms with Crippen molar-refractivity contribution >= 4 is 74.3 Å². The molecule has 5 rings (SSSR count). The number of carbonyl (C=O) groups excluding carboxylic acids is 1. The lowest BCUT2D eigenvalue weighted by Gasteiger charge is -2.17. The number of rotatable bonds is 4. The zero-order valence-electron chi connectivity index (χ0n) is 19.9. The summed E-state index contributed by atoms with van der Waals surface area (Å²) in [5.41, 5.74) is 4.04. The van der Waals surface area contributed by atoms with E-state index in [0.717, 1.165) is 27.5 Å². The Morgan fingerprint density at radius 1 is 0.917 bits per heavy atom. The van der Waals surface area contributed by atoms with Crippen LogP contribution in [0.3, 0.4) is 0 Å². The highest BCUT2D eigenvalue weighted by molar-refractivity contribution is 8.19. The number of carbonyl (C=O) groups is 1. The van der Waals surface area contributed by atoms with Crippen molar-refractivity contribution < 1.29 is 9.53 Å². The van der Waals surface area contributed by atoms with Crippen LogP contribution >= 0.6 is 35.0 Å². The number of methoxy groups -OCH3 is 1. The van der Waals surface area contributed by atoms with Crippen LogP contribution in [0.5, 0.6) is 5.75 Å². The smallest absolute Gasteiger partial charge is 0.271 e. The van der Waals surface area contributed by atoms with Gasteiger partial charge >= 0.3 is 0 Å². The highest BCUT2D eigenvalue weighted by atomic mass is 35.5. The van der Waals surface area contributed by atoms with Crippen molar-refractivity contribution in [3.05, 3.63) is 104 Å². The third-order valence-electron chi connectivity index (χ3n) is 6.03. The van der Waals surface area contributed by atoms with E-state index in [9.17, 15) is 4.79 Å². The lowest BCUT2D eigenvalue weighted by Crippen LogP contribution is -2.28. The van der Waals surface area contributed by atoms with Gasteiger partial charge in [0.05, 0.1) is 23.4 Å². The van der Waals surface area contributed by atoms with Crippen LogP contribution in [0.15, 0.2) is 82.7 Å². The summed E-state index contributed by atoms with van der Waals surface area (Å²) in [6.45, 7) is 3.86. The summed E-state index contributed by atoms with van der Waals surface area (Å²) in [6, 6.07) is 23.1. The molecule has 0 atom stereocenters. The lowest BCUT2D eigenvalue weighted by molar-refractivity contribution is -0.113. The largest absolute Gasteiger partial charge is 0.496 e. The molecular formula is C29H22Cl2N2O2S. The highest BCUT2D eigenvalue weighted by Gasteiger charge is 2.35. The number of fused-ring (bicyclic) bond motifs is 1. The molecule has 0 N–H and O–H groups in total. The zero-order chi connectivity index (χ0) is 25.4. The van der Waals surface area contributed by atoms with Crippen LogP contribution in [-0.2, 0) is 4.79 Å². The first kappa shape index (κ1) is 24.4. The molecule has 0 aliphatic carbocycles. The Balaban J connectivity index is 1.67. The van der Waals surface area contributed by atoms with E-state index in [-0.39, 0.29) is 5.91 Å². The van der Waals surface area contributed by atoms with Crippen molar-refractivity contribution in [1.82, 2.24) is 0 Å². The molecule has 180 valence electrons. The number of aliphatic imine (C=N–C) groups is 1. The third kappa shape index (κ3) is 4.62. The second kappa shape index (κ2) is 10.0. The summed E-state index contributed by atoms with van der Waals surface area (Å²) in [7, 11) is 1.63. The summed E-state index contributed by atoms with van der Waals surface area (Å²) in [5, 5.41) is 3.78. The standard InChI is InChI=1S/C29H22Cl2N2O2S/c1-17-8-11-20(14-24(17)30)32-29-33(21-12-9-18(2)25(31)15-21)28(34)27(36-29)16-23-22-7-5-4-6-19(22)10-13-26(23)35-3/h4-16H,1-3H3/b27-16+,32-29?. The molecular weight excluding hydrogens is 511 g/mol. The number of nitrogens with zero attached hydrogens (tertiary/aromatic N) is 2. The number of anilines is 1. The molecule has 4 nitrogen and oxygen atoms in total. The van der Waals surface area contributed by atoms with E-state index in [1.165, 1.54) is 11.8 Å². The number of hydrogen-bond donors (Lipinski definition) is 0. The lowest BCUT2D eigenvalue weighted by atomic mass is 10.0. The van der Waals surface area contributed by atoms with Gasteiger partial charge in [0, 0.05) is 15.6 Å². The SMILES string of the molecule is COc1ccc2ccccc2c1/C=C1/SC(=Nc2ccc(C)c(Cl)c2)N(c2ccc(C)c(Cl)c2)C1=O. The molecule has 36 heavy (non-hydrogen) atoms. The molecule has 1 heterocycles. The second-order valence-electron chi connectivity index (χ2n) is 8.42. The maximum absolute atomic E-state index is 13.8. The molecule has 0 saturated carbocycles. The maximum atomic E-state index is 13.8. The van der Waals surface area contributed by atoms with Gasteiger partial charge < -0.3 is 4.74 Å². The maximum Gasteiger partial charge on any atom is 0.271 e. The summed E-state index contributed by atoms with van der Waals surface area (Å²) >= 11 is 14.1. The van der Waals surface area contributed by atoms with Crippen LogP contribution in [0.2, 0.25) is 10.0 Å². The Hall–Kier alpha value is -3.25. The van der Waals surface area contributed by atoms with Crippen LogP contribution in [-0.4, -0.2) is 18.2 Å². The van der Waals surface area contributed by atoms with Gasteiger partial charge in [-0.2, -0.15) is 0 Å². The predicted molar refractivity (Wildman–Crippen MR) is 153 cm³/mol. The van der Waals surface area contributed by atoms with Gasteiger partial charge in [0.25, 0.3) is 5.91 Å². The Labute approximate surface area is 224 Å². The minimum Gasteiger partial charge on any atom is -0.496 e. The molecule has 0 aromatic heterocycles. The molecule has 4 aromatic rings. The molecule has 0 spiro atoms. The Kier molecular flexibility index (Phi) is 6.80. The van der Waals surface area contributed by atoms with Crippen LogP contribution in [0.25, 0.3) is 16.8 Å². The number of amidine groups is 1. The van der Waals surface area contributed by atoms with Gasteiger partial charge in [-0.1, -0.05) is 65.7 Å². The van der Waals surface area contributed by atoms with Crippen LogP contribution in [0, 0.1) is 13.8 Å². The van der Waals surface area contributed by atoms with E-state index in [1.54, 1.807) is 24.1 Å². The van der Waals surface area contributed by atoms with E-state index in [1.807, 2.05) is 80.6 Å². The molecule has 1 fully saturated rings. The van der Waals surface area contributed by atoms with E-state index in [2.05, 4.69) is 0 Å². The molecule has 1 aliphatic heterocycles. The molecule has 1 amide bonds. The fraction of sp³-hybridized carbons (Fsp3) is 0.103. The summed E-state index contributed by atoms with van der Waals surface area (Å²) in [6.07, 6.45) is 1.88. The van der Waals surface area contributed by atoms with Gasteiger partial charge in [-0.25, -0.2) is 4.99 Å². The Morgan fingerprint density at radius 2 is 1.64 bits per heavy atom. The topological polar surface area (TPSA) is 41.9 Å². The van der Waals surface area contributed by atoms with Crippen molar-refractivity contribution in [3.63, 3.8) is 0 Å². The van der Waals surface area contributed by atoms with Crippen LogP contribution < -0.4 is 9.64 Å². The van der Waals surface area contributed by atoms with Gasteiger partial charge in [-0.3, -0.25) is 9.69 Å². The number of aryl methyl sites for hydroxylation is 2. The van der Waals surface area contributed by atoms with E-state index in [0.29, 0.717) is 37.2 Å². The first-order chi connectivity index (χ1) is 17.4. The minimum absolute atomic E-state index is 0.188. The Bertz CT molecular complexity index is 1580. The average Bonchev–Trinajstić information content (AvgIpc) is 3.17. The fourth-order valence-corrected chi connectivity index (χ4v) is 5.32. The van der Waals surface area contributed by atoms with Crippen molar-refractivity contribution in [2.75, 3.05) is 12.0 Å². The van der Waals surface area contributed by atoms with Crippen LogP contribution in [0.1, 0.15) is 16.7 Å². The highest BCUT2D eigenvalue weighted by Crippen LogP contribution is 2.40. The van der Waals surface area contributed by atoms with E-state index >= 15 is 0 Å². The fourth-order valence-electron chi connectivity index (χ4n) is 3.99. The number of benzene rings is 4. The summed E-state index contributed by atoms with van der Waals surface area (Å²) in [5.74, 6) is 0.502. The number of thioether (sulfide) groups is 1.